The van der Waals surface area contributed by atoms with E-state index in [4.69, 9.17) is 9.47 Å². The van der Waals surface area contributed by atoms with E-state index in [9.17, 15) is 5.11 Å². The second kappa shape index (κ2) is 12.7. The molecule has 1 saturated heterocycles. The van der Waals surface area contributed by atoms with Crippen LogP contribution in [0.3, 0.4) is 0 Å². The Morgan fingerprint density at radius 3 is 2.52 bits per heavy atom. The Labute approximate surface area is 175 Å². The smallest absolute Gasteiger partial charge is 0.191 e. The van der Waals surface area contributed by atoms with Gasteiger partial charge in [0.1, 0.15) is 5.75 Å². The van der Waals surface area contributed by atoms with Crippen molar-refractivity contribution in [3.8, 4) is 5.75 Å². The molecule has 1 aromatic rings. The molecule has 0 bridgehead atoms. The highest BCUT2D eigenvalue weighted by Crippen LogP contribution is 2.18. The van der Waals surface area contributed by atoms with E-state index in [0.717, 1.165) is 62.9 Å². The van der Waals surface area contributed by atoms with E-state index >= 15 is 0 Å². The molecule has 1 heterocycles. The maximum absolute atomic E-state index is 10.4. The summed E-state index contributed by atoms with van der Waals surface area (Å²) in [4.78, 5) is 7.05. The largest absolute Gasteiger partial charge is 0.497 e. The van der Waals surface area contributed by atoms with Crippen LogP contribution in [0, 0.1) is 0 Å². The van der Waals surface area contributed by atoms with Gasteiger partial charge < -0.3 is 30.1 Å². The number of aliphatic imine (C=N–C) groups is 1. The maximum Gasteiger partial charge on any atom is 0.191 e. The third kappa shape index (κ3) is 8.60. The molecule has 2 rings (SSSR count). The van der Waals surface area contributed by atoms with Crippen molar-refractivity contribution in [2.45, 2.75) is 51.9 Å². The Bertz CT molecular complexity index is 599. The van der Waals surface area contributed by atoms with Crippen LogP contribution in [-0.4, -0.2) is 74.6 Å². The third-order valence-corrected chi connectivity index (χ3v) is 5.05. The summed E-state index contributed by atoms with van der Waals surface area (Å²) in [5, 5.41) is 17.3. The minimum atomic E-state index is -0.640. The Kier molecular flexibility index (Phi) is 10.2. The number of nitrogens with one attached hydrogen (secondary N) is 2. The van der Waals surface area contributed by atoms with Gasteiger partial charge in [-0.15, -0.1) is 0 Å². The van der Waals surface area contributed by atoms with Crippen LogP contribution in [0.5, 0.6) is 5.75 Å². The summed E-state index contributed by atoms with van der Waals surface area (Å²) in [6.45, 7) is 11.2. The van der Waals surface area contributed by atoms with E-state index < -0.39 is 6.10 Å². The van der Waals surface area contributed by atoms with Gasteiger partial charge in [0.25, 0.3) is 0 Å². The summed E-state index contributed by atoms with van der Waals surface area (Å²) >= 11 is 0. The number of methoxy groups -OCH3 is 1. The first-order valence-corrected chi connectivity index (χ1v) is 10.7. The molecule has 1 aliphatic rings. The zero-order valence-electron chi connectivity index (χ0n) is 18.4. The van der Waals surface area contributed by atoms with E-state index in [-0.39, 0.29) is 0 Å². The Hall–Kier alpha value is -1.83. The number of likely N-dealkylation sites (tertiary alicyclic amines) is 1. The number of hydrogen-bond donors (Lipinski definition) is 3. The predicted molar refractivity (Wildman–Crippen MR) is 118 cm³/mol. The second-order valence-electron chi connectivity index (χ2n) is 7.69. The highest BCUT2D eigenvalue weighted by atomic mass is 16.5. The number of aliphatic hydroxyl groups is 1. The van der Waals surface area contributed by atoms with Gasteiger partial charge in [0.15, 0.2) is 5.96 Å². The van der Waals surface area contributed by atoms with Gasteiger partial charge >= 0.3 is 0 Å². The van der Waals surface area contributed by atoms with Crippen LogP contribution in [0.15, 0.2) is 29.3 Å². The molecule has 7 heteroatoms. The summed E-state index contributed by atoms with van der Waals surface area (Å²) in [7, 11) is 1.63. The lowest BCUT2D eigenvalue weighted by atomic mass is 10.1. The molecular weight excluding hydrogens is 368 g/mol. The molecule has 3 N–H and O–H groups in total. The topological polar surface area (TPSA) is 78.4 Å². The van der Waals surface area contributed by atoms with Crippen LogP contribution in [0.2, 0.25) is 0 Å². The highest BCUT2D eigenvalue weighted by molar-refractivity contribution is 5.80. The number of piperidine rings is 1. The molecule has 1 aliphatic heterocycles. The fourth-order valence-corrected chi connectivity index (χ4v) is 3.34. The van der Waals surface area contributed by atoms with Crippen molar-refractivity contribution in [2.75, 3.05) is 46.4 Å². The molecule has 164 valence electrons. The minimum Gasteiger partial charge on any atom is -0.497 e. The van der Waals surface area contributed by atoms with Gasteiger partial charge in [-0.1, -0.05) is 12.1 Å². The highest BCUT2D eigenvalue weighted by Gasteiger charge is 2.20. The average Bonchev–Trinajstić information content (AvgIpc) is 2.73. The van der Waals surface area contributed by atoms with E-state index in [2.05, 4.69) is 41.3 Å². The number of guanidine groups is 1. The quantitative estimate of drug-likeness (QED) is 0.408. The summed E-state index contributed by atoms with van der Waals surface area (Å²) < 4.78 is 10.8. The fourth-order valence-electron chi connectivity index (χ4n) is 3.34. The maximum atomic E-state index is 10.4. The zero-order valence-corrected chi connectivity index (χ0v) is 18.4. The number of ether oxygens (including phenoxy) is 2. The van der Waals surface area contributed by atoms with Crippen molar-refractivity contribution < 1.29 is 14.6 Å². The monoisotopic (exact) mass is 406 g/mol. The molecule has 29 heavy (non-hydrogen) atoms. The van der Waals surface area contributed by atoms with E-state index in [1.54, 1.807) is 7.11 Å². The molecule has 0 aromatic heterocycles. The first-order valence-electron chi connectivity index (χ1n) is 10.7. The van der Waals surface area contributed by atoms with Crippen LogP contribution < -0.4 is 15.4 Å². The van der Waals surface area contributed by atoms with Gasteiger partial charge in [-0.05, 0) is 51.3 Å². The molecule has 0 radical (unpaired) electrons. The van der Waals surface area contributed by atoms with E-state index in [1.807, 2.05) is 24.3 Å². The molecule has 1 aromatic carbocycles. The van der Waals surface area contributed by atoms with Gasteiger partial charge in [-0.25, -0.2) is 0 Å². The lowest BCUT2D eigenvalue weighted by Gasteiger charge is -2.33. The number of hydrogen-bond acceptors (Lipinski definition) is 5. The Balaban J connectivity index is 1.80. The zero-order chi connectivity index (χ0) is 21.1. The number of aliphatic hydroxyl groups excluding tert-OH is 1. The van der Waals surface area contributed by atoms with Crippen LogP contribution >= 0.6 is 0 Å². The summed E-state index contributed by atoms with van der Waals surface area (Å²) in [6.07, 6.45) is 1.81. The van der Waals surface area contributed by atoms with Crippen LogP contribution in [-0.2, 0) is 4.74 Å². The van der Waals surface area contributed by atoms with E-state index in [0.29, 0.717) is 18.7 Å². The lowest BCUT2D eigenvalue weighted by Crippen LogP contribution is -2.49. The normalized spacial score (nSPS) is 17.4. The van der Waals surface area contributed by atoms with Gasteiger partial charge in [0.05, 0.1) is 32.5 Å². The van der Waals surface area contributed by atoms with Gasteiger partial charge in [0, 0.05) is 32.2 Å². The Morgan fingerprint density at radius 1 is 1.24 bits per heavy atom. The van der Waals surface area contributed by atoms with Crippen molar-refractivity contribution in [3.63, 3.8) is 0 Å². The molecule has 0 saturated carbocycles. The molecule has 0 amide bonds. The van der Waals surface area contributed by atoms with Crippen LogP contribution in [0.4, 0.5) is 0 Å². The van der Waals surface area contributed by atoms with Crippen molar-refractivity contribution in [3.05, 3.63) is 29.8 Å². The third-order valence-electron chi connectivity index (χ3n) is 5.05. The van der Waals surface area contributed by atoms with Crippen LogP contribution in [0.1, 0.15) is 45.3 Å². The standard InChI is InChI=1S/C22H38N4O3/c1-5-23-22(24-16-21(27)18-6-8-20(28-4)9-7-18)25-19-10-12-26(13-11-19)14-15-29-17(2)3/h6-9,17,19,21,27H,5,10-16H2,1-4H3,(H2,23,24,25). The molecule has 1 fully saturated rings. The summed E-state index contributed by atoms with van der Waals surface area (Å²) in [6, 6.07) is 7.85. The predicted octanol–water partition coefficient (Wildman–Crippen LogP) is 2.17. The summed E-state index contributed by atoms with van der Waals surface area (Å²) in [5.41, 5.74) is 0.835. The van der Waals surface area contributed by atoms with Crippen molar-refractivity contribution in [1.29, 1.82) is 0 Å². The SMILES string of the molecule is CCNC(=NCC(O)c1ccc(OC)cc1)NC1CCN(CCOC(C)C)CC1. The van der Waals surface area contributed by atoms with Crippen molar-refractivity contribution in [2.24, 2.45) is 4.99 Å². The molecule has 1 atom stereocenters. The van der Waals surface area contributed by atoms with Gasteiger partial charge in [-0.2, -0.15) is 0 Å². The van der Waals surface area contributed by atoms with Crippen molar-refractivity contribution >= 4 is 5.96 Å². The summed E-state index contributed by atoms with van der Waals surface area (Å²) in [5.74, 6) is 1.54. The lowest BCUT2D eigenvalue weighted by molar-refractivity contribution is 0.0532. The van der Waals surface area contributed by atoms with E-state index in [1.165, 1.54) is 0 Å². The molecule has 7 nitrogen and oxygen atoms in total. The number of benzene rings is 1. The average molecular weight is 407 g/mol. The van der Waals surface area contributed by atoms with Gasteiger partial charge in [0.2, 0.25) is 0 Å². The number of nitrogens with zero attached hydrogens (tertiary/aromatic N) is 2. The molecule has 0 aliphatic carbocycles. The fraction of sp³-hybridized carbons (Fsp3) is 0.682. The second-order valence-corrected chi connectivity index (χ2v) is 7.69. The van der Waals surface area contributed by atoms with Gasteiger partial charge in [-0.3, -0.25) is 4.99 Å². The molecule has 1 unspecified atom stereocenters. The minimum absolute atomic E-state index is 0.293. The van der Waals surface area contributed by atoms with Crippen LogP contribution in [0.25, 0.3) is 0 Å². The first-order chi connectivity index (χ1) is 14.0. The first kappa shape index (κ1) is 23.4. The molecular formula is C22H38N4O3. The molecule has 0 spiro atoms. The van der Waals surface area contributed by atoms with Crippen molar-refractivity contribution in [1.82, 2.24) is 15.5 Å². The number of rotatable bonds is 10. The Morgan fingerprint density at radius 2 is 1.93 bits per heavy atom.